The van der Waals surface area contributed by atoms with Gasteiger partial charge in [0.25, 0.3) is 0 Å². The zero-order chi connectivity index (χ0) is 24.3. The first-order valence-electron chi connectivity index (χ1n) is 11.6. The minimum atomic E-state index is -4.42. The van der Waals surface area contributed by atoms with E-state index < -0.39 is 22.9 Å². The smallest absolute Gasteiger partial charge is 0.385 e. The number of aliphatic hydroxyl groups is 1. The predicted molar refractivity (Wildman–Crippen MR) is 123 cm³/mol. The molecule has 2 aliphatic rings. The van der Waals surface area contributed by atoms with Gasteiger partial charge in [0.2, 0.25) is 0 Å². The second kappa shape index (κ2) is 8.07. The highest BCUT2D eigenvalue weighted by Gasteiger charge is 2.52. The van der Waals surface area contributed by atoms with Crippen molar-refractivity contribution in [1.29, 1.82) is 0 Å². The van der Waals surface area contributed by atoms with Gasteiger partial charge in [-0.2, -0.15) is 13.2 Å². The third-order valence-electron chi connectivity index (χ3n) is 7.69. The molecule has 3 unspecified atom stereocenters. The molecule has 2 aromatic carbocycles. The van der Waals surface area contributed by atoms with E-state index in [1.54, 1.807) is 0 Å². The second-order valence-corrected chi connectivity index (χ2v) is 10.1. The van der Waals surface area contributed by atoms with Crippen LogP contribution >= 0.6 is 0 Å². The van der Waals surface area contributed by atoms with Crippen LogP contribution in [0.1, 0.15) is 41.6 Å². The molecule has 4 nitrogen and oxygen atoms in total. The van der Waals surface area contributed by atoms with E-state index in [-0.39, 0.29) is 11.7 Å². The fraction of sp³-hybridized carbons (Fsp3) is 0.462. The quantitative estimate of drug-likeness (QED) is 0.472. The Bertz CT molecular complexity index is 1200. The van der Waals surface area contributed by atoms with Gasteiger partial charge >= 0.3 is 6.18 Å². The molecule has 3 atom stereocenters. The molecule has 1 aliphatic carbocycles. The highest BCUT2D eigenvalue weighted by atomic mass is 19.4. The number of rotatable bonds is 3. The average Bonchev–Trinajstić information content (AvgIpc) is 3.15. The van der Waals surface area contributed by atoms with Crippen molar-refractivity contribution in [2.75, 3.05) is 27.2 Å². The Hall–Kier alpha value is -2.42. The molecule has 1 spiro atoms. The number of halogens is 4. The van der Waals surface area contributed by atoms with Crippen molar-refractivity contribution in [3.63, 3.8) is 0 Å². The van der Waals surface area contributed by atoms with Gasteiger partial charge in [0.15, 0.2) is 0 Å². The topological polar surface area (TPSA) is 51.3 Å². The van der Waals surface area contributed by atoms with Gasteiger partial charge in [-0.15, -0.1) is 0 Å². The first-order chi connectivity index (χ1) is 16.0. The lowest BCUT2D eigenvalue weighted by atomic mass is 9.62. The van der Waals surface area contributed by atoms with Gasteiger partial charge in [0, 0.05) is 35.6 Å². The molecule has 1 aromatic heterocycles. The molecule has 0 amide bonds. The monoisotopic (exact) mass is 475 g/mol. The molecule has 0 radical (unpaired) electrons. The van der Waals surface area contributed by atoms with E-state index in [1.807, 2.05) is 25.1 Å². The Morgan fingerprint density at radius 2 is 1.82 bits per heavy atom. The van der Waals surface area contributed by atoms with Gasteiger partial charge in [-0.25, -0.2) is 4.39 Å². The number of aromatic amines is 1. The van der Waals surface area contributed by atoms with E-state index in [4.69, 9.17) is 0 Å². The minimum Gasteiger partial charge on any atom is -0.385 e. The number of nitrogens with one attached hydrogen (secondary N) is 2. The lowest BCUT2D eigenvalue weighted by Crippen LogP contribution is -2.57. The summed E-state index contributed by atoms with van der Waals surface area (Å²) in [6.45, 7) is 1.34. The number of nitrogens with zero attached hydrogens (tertiary/aromatic N) is 1. The Labute approximate surface area is 196 Å². The van der Waals surface area contributed by atoms with E-state index in [9.17, 15) is 22.7 Å². The summed E-state index contributed by atoms with van der Waals surface area (Å²) in [6, 6.07) is 9.73. The Kier molecular flexibility index (Phi) is 5.54. The van der Waals surface area contributed by atoms with Crippen molar-refractivity contribution in [1.82, 2.24) is 15.2 Å². The number of hydrogen-bond donors (Lipinski definition) is 3. The molecule has 1 saturated carbocycles. The van der Waals surface area contributed by atoms with Gasteiger partial charge in [-0.05, 0) is 81.2 Å². The van der Waals surface area contributed by atoms with Gasteiger partial charge < -0.3 is 20.3 Å². The Morgan fingerprint density at radius 1 is 1.09 bits per heavy atom. The molecule has 5 rings (SSSR count). The third-order valence-corrected chi connectivity index (χ3v) is 7.69. The molecule has 182 valence electrons. The van der Waals surface area contributed by atoms with Crippen molar-refractivity contribution in [2.24, 2.45) is 5.92 Å². The molecular formula is C26H29F4N3O. The molecule has 0 bridgehead atoms. The lowest BCUT2D eigenvalue weighted by molar-refractivity contribution is -0.137. The Balaban J connectivity index is 1.54. The summed E-state index contributed by atoms with van der Waals surface area (Å²) in [4.78, 5) is 5.46. The van der Waals surface area contributed by atoms with Crippen LogP contribution in [0.2, 0.25) is 0 Å². The van der Waals surface area contributed by atoms with Gasteiger partial charge in [0.05, 0.1) is 16.7 Å². The fourth-order valence-corrected chi connectivity index (χ4v) is 6.08. The Morgan fingerprint density at radius 3 is 2.50 bits per heavy atom. The van der Waals surface area contributed by atoms with Crippen molar-refractivity contribution in [3.05, 3.63) is 70.7 Å². The predicted octanol–water partition coefficient (Wildman–Crippen LogP) is 4.92. The summed E-state index contributed by atoms with van der Waals surface area (Å²) in [7, 11) is 3.86. The first-order valence-corrected chi connectivity index (χ1v) is 11.6. The normalized spacial score (nSPS) is 27.5. The van der Waals surface area contributed by atoms with E-state index >= 15 is 0 Å². The van der Waals surface area contributed by atoms with Crippen LogP contribution in [-0.4, -0.2) is 42.2 Å². The van der Waals surface area contributed by atoms with Gasteiger partial charge in [-0.3, -0.25) is 0 Å². The van der Waals surface area contributed by atoms with E-state index in [2.05, 4.69) is 10.3 Å². The van der Waals surface area contributed by atoms with Crippen molar-refractivity contribution >= 4 is 10.9 Å². The SMILES string of the molecule is CN(C)CC1CC2(CCC1(O)c1ccc(C(F)(F)F)cc1)NCCc1c2[nH]c2cc(F)ccc12. The zero-order valence-electron chi connectivity index (χ0n) is 19.3. The summed E-state index contributed by atoms with van der Waals surface area (Å²) in [5.41, 5.74) is 1.10. The minimum absolute atomic E-state index is 0.227. The number of hydrogen-bond acceptors (Lipinski definition) is 3. The summed E-state index contributed by atoms with van der Waals surface area (Å²) in [5, 5.41) is 16.6. The highest BCUT2D eigenvalue weighted by molar-refractivity contribution is 5.85. The molecule has 2 heterocycles. The summed E-state index contributed by atoms with van der Waals surface area (Å²) >= 11 is 0. The highest BCUT2D eigenvalue weighted by Crippen LogP contribution is 2.51. The fourth-order valence-electron chi connectivity index (χ4n) is 6.08. The maximum atomic E-state index is 13.9. The molecule has 34 heavy (non-hydrogen) atoms. The zero-order valence-corrected chi connectivity index (χ0v) is 19.3. The van der Waals surface area contributed by atoms with Crippen molar-refractivity contribution in [3.8, 4) is 0 Å². The van der Waals surface area contributed by atoms with Crippen LogP contribution in [0.3, 0.4) is 0 Å². The van der Waals surface area contributed by atoms with Gasteiger partial charge in [0.1, 0.15) is 5.82 Å². The number of H-pyrrole nitrogens is 1. The van der Waals surface area contributed by atoms with E-state index in [1.165, 1.54) is 29.8 Å². The number of fused-ring (bicyclic) bond motifs is 4. The number of aromatic nitrogens is 1. The van der Waals surface area contributed by atoms with Crippen LogP contribution in [0.15, 0.2) is 42.5 Å². The molecule has 3 N–H and O–H groups in total. The van der Waals surface area contributed by atoms with Crippen LogP contribution in [0.4, 0.5) is 17.6 Å². The van der Waals surface area contributed by atoms with Crippen LogP contribution in [0, 0.1) is 11.7 Å². The maximum absolute atomic E-state index is 13.9. The second-order valence-electron chi connectivity index (χ2n) is 10.1. The van der Waals surface area contributed by atoms with E-state index in [0.717, 1.165) is 41.7 Å². The summed E-state index contributed by atoms with van der Waals surface area (Å²) in [5.74, 6) is -0.520. The van der Waals surface area contributed by atoms with Crippen LogP contribution in [-0.2, 0) is 23.7 Å². The lowest BCUT2D eigenvalue weighted by Gasteiger charge is -2.51. The van der Waals surface area contributed by atoms with Crippen LogP contribution < -0.4 is 5.32 Å². The maximum Gasteiger partial charge on any atom is 0.416 e. The average molecular weight is 476 g/mol. The molecule has 0 saturated heterocycles. The van der Waals surface area contributed by atoms with Crippen LogP contribution in [0.25, 0.3) is 10.9 Å². The molecule has 3 aromatic rings. The largest absolute Gasteiger partial charge is 0.416 e. The summed E-state index contributed by atoms with van der Waals surface area (Å²) < 4.78 is 53.2. The number of alkyl halides is 3. The molecule has 1 fully saturated rings. The van der Waals surface area contributed by atoms with Crippen molar-refractivity contribution < 1.29 is 22.7 Å². The first kappa shape index (κ1) is 23.3. The standard InChI is InChI=1S/C26H29F4N3O/c1-33(2)15-18-14-24(10-11-25(18,34)16-3-5-17(6-4-16)26(28,29)30)23-21(9-12-31-24)20-8-7-19(27)13-22(20)32-23/h3-8,13,18,31-32,34H,9-12,14-15H2,1-2H3. The van der Waals surface area contributed by atoms with Gasteiger partial charge in [-0.1, -0.05) is 12.1 Å². The number of benzene rings is 2. The molecule has 8 heteroatoms. The summed E-state index contributed by atoms with van der Waals surface area (Å²) in [6.07, 6.45) is -1.99. The van der Waals surface area contributed by atoms with E-state index in [0.29, 0.717) is 31.4 Å². The van der Waals surface area contributed by atoms with Crippen molar-refractivity contribution in [2.45, 2.75) is 43.0 Å². The molecule has 1 aliphatic heterocycles. The molecular weight excluding hydrogens is 446 g/mol. The third kappa shape index (κ3) is 3.82. The van der Waals surface area contributed by atoms with Crippen LogP contribution in [0.5, 0.6) is 0 Å².